The zero-order valence-corrected chi connectivity index (χ0v) is 17.6. The maximum absolute atomic E-state index is 13.4. The van der Waals surface area contributed by atoms with Gasteiger partial charge in [0.25, 0.3) is 0 Å². The predicted molar refractivity (Wildman–Crippen MR) is 110 cm³/mol. The van der Waals surface area contributed by atoms with Crippen molar-refractivity contribution in [3.05, 3.63) is 34.9 Å². The van der Waals surface area contributed by atoms with Gasteiger partial charge in [-0.2, -0.15) is 0 Å². The maximum Gasteiger partial charge on any atom is 0.330 e. The van der Waals surface area contributed by atoms with Crippen LogP contribution < -0.4 is 5.73 Å². The summed E-state index contributed by atoms with van der Waals surface area (Å²) < 4.78 is 4.57. The lowest BCUT2D eigenvalue weighted by atomic mass is 9.53. The molecule has 10 heteroatoms. The second-order valence-corrected chi connectivity index (χ2v) is 8.62. The molecular weight excluding hydrogens is 434 g/mol. The number of benzene rings is 1. The lowest BCUT2D eigenvalue weighted by Crippen LogP contribution is -2.68. The first-order chi connectivity index (χ1) is 15.5. The van der Waals surface area contributed by atoms with E-state index in [0.29, 0.717) is 11.1 Å². The molecule has 1 aromatic carbocycles. The third-order valence-electron chi connectivity index (χ3n) is 6.92. The summed E-state index contributed by atoms with van der Waals surface area (Å²) in [4.78, 5) is 75.1. The molecule has 0 spiro atoms. The Morgan fingerprint density at radius 3 is 2.48 bits per heavy atom. The fourth-order valence-corrected chi connectivity index (χ4v) is 5.37. The van der Waals surface area contributed by atoms with Crippen LogP contribution in [-0.2, 0) is 35.1 Å². The average molecular weight is 455 g/mol. The van der Waals surface area contributed by atoms with Gasteiger partial charge < -0.3 is 20.7 Å². The van der Waals surface area contributed by atoms with Gasteiger partial charge in [0, 0.05) is 18.4 Å². The topological polar surface area (TPSA) is 178 Å². The lowest BCUT2D eigenvalue weighted by molar-refractivity contribution is -0.175. The summed E-state index contributed by atoms with van der Waals surface area (Å²) in [5.74, 6) is -11.3. The number of esters is 1. The molecule has 3 aliphatic carbocycles. The van der Waals surface area contributed by atoms with Gasteiger partial charge in [0.1, 0.15) is 5.75 Å². The Morgan fingerprint density at radius 2 is 1.85 bits per heavy atom. The van der Waals surface area contributed by atoms with Crippen LogP contribution in [0.2, 0.25) is 0 Å². The minimum atomic E-state index is -2.68. The van der Waals surface area contributed by atoms with Crippen LogP contribution in [-0.4, -0.2) is 57.9 Å². The van der Waals surface area contributed by atoms with Crippen molar-refractivity contribution in [2.24, 2.45) is 29.4 Å². The van der Waals surface area contributed by atoms with Crippen molar-refractivity contribution in [1.82, 2.24) is 0 Å². The second kappa shape index (κ2) is 7.73. The quantitative estimate of drug-likeness (QED) is 0.308. The van der Waals surface area contributed by atoms with Crippen LogP contribution in [0.25, 0.3) is 6.08 Å². The summed E-state index contributed by atoms with van der Waals surface area (Å²) >= 11 is 0. The van der Waals surface area contributed by atoms with E-state index in [0.717, 1.165) is 6.08 Å². The molecule has 4 rings (SSSR count). The number of rotatable bonds is 3. The van der Waals surface area contributed by atoms with Gasteiger partial charge >= 0.3 is 5.97 Å². The molecule has 3 aliphatic rings. The molecule has 10 nitrogen and oxygen atoms in total. The first-order valence-electron chi connectivity index (χ1n) is 10.3. The van der Waals surface area contributed by atoms with Crippen molar-refractivity contribution in [3.63, 3.8) is 0 Å². The van der Waals surface area contributed by atoms with E-state index in [-0.39, 0.29) is 24.2 Å². The Hall–Kier alpha value is -3.66. The molecule has 2 fully saturated rings. The summed E-state index contributed by atoms with van der Waals surface area (Å²) in [6.45, 7) is 0. The number of ether oxygens (including phenoxy) is 1. The van der Waals surface area contributed by atoms with Crippen molar-refractivity contribution >= 4 is 41.1 Å². The molecule has 1 aromatic rings. The number of Topliss-reactive ketones (excluding diaryl/α,β-unsaturated/α-hetero) is 4. The zero-order valence-electron chi connectivity index (χ0n) is 17.6. The number of hydrogen-bond donors (Lipinski definition) is 3. The van der Waals surface area contributed by atoms with Gasteiger partial charge in [-0.15, -0.1) is 0 Å². The summed E-state index contributed by atoms with van der Waals surface area (Å²) in [5.41, 5.74) is 3.20. The van der Waals surface area contributed by atoms with Crippen molar-refractivity contribution in [2.45, 2.75) is 24.9 Å². The van der Waals surface area contributed by atoms with Crippen LogP contribution in [0.4, 0.5) is 0 Å². The van der Waals surface area contributed by atoms with Gasteiger partial charge in [-0.3, -0.25) is 24.0 Å². The zero-order chi connectivity index (χ0) is 24.2. The number of hydrogen-bond acceptors (Lipinski definition) is 9. The number of phenols is 1. The summed E-state index contributed by atoms with van der Waals surface area (Å²) in [7, 11) is 1.21. The minimum absolute atomic E-state index is 0.00311. The Bertz CT molecular complexity index is 1170. The molecule has 0 aliphatic heterocycles. The molecule has 5 atom stereocenters. The van der Waals surface area contributed by atoms with E-state index in [2.05, 4.69) is 4.74 Å². The highest BCUT2D eigenvalue weighted by atomic mass is 16.5. The first kappa shape index (κ1) is 22.5. The average Bonchev–Trinajstić information content (AvgIpc) is 2.75. The van der Waals surface area contributed by atoms with E-state index >= 15 is 0 Å². The fourth-order valence-electron chi connectivity index (χ4n) is 5.37. The number of primary amides is 1. The predicted octanol–water partition coefficient (Wildman–Crippen LogP) is -0.487. The maximum atomic E-state index is 13.4. The number of ketones is 4. The van der Waals surface area contributed by atoms with Crippen molar-refractivity contribution in [1.29, 1.82) is 0 Å². The van der Waals surface area contributed by atoms with Crippen molar-refractivity contribution < 1.29 is 43.7 Å². The SMILES string of the molecule is COC(=O)C=Cc1ccc(O)c2c1C[C@H]1C[C@H]3CC(=O)C(C(N)=O)C(=O)[C@@]3(O)C(=O)C1C2=O. The van der Waals surface area contributed by atoms with Crippen molar-refractivity contribution in [2.75, 3.05) is 7.11 Å². The number of carbonyl (C=O) groups excluding carboxylic acids is 6. The van der Waals surface area contributed by atoms with Gasteiger partial charge in [0.2, 0.25) is 5.91 Å². The van der Waals surface area contributed by atoms with Crippen LogP contribution in [0.3, 0.4) is 0 Å². The fraction of sp³-hybridized carbons (Fsp3) is 0.391. The van der Waals surface area contributed by atoms with Crippen LogP contribution in [0.15, 0.2) is 18.2 Å². The van der Waals surface area contributed by atoms with Gasteiger partial charge in [-0.1, -0.05) is 6.07 Å². The largest absolute Gasteiger partial charge is 0.507 e. The van der Waals surface area contributed by atoms with E-state index in [1.807, 2.05) is 0 Å². The number of phenolic OH excluding ortho intramolecular Hbond substituents is 1. The number of methoxy groups -OCH3 is 1. The third-order valence-corrected chi connectivity index (χ3v) is 6.92. The van der Waals surface area contributed by atoms with E-state index in [4.69, 9.17) is 5.73 Å². The minimum Gasteiger partial charge on any atom is -0.507 e. The smallest absolute Gasteiger partial charge is 0.330 e. The molecule has 33 heavy (non-hydrogen) atoms. The molecule has 0 bridgehead atoms. The molecular formula is C23H21NO9. The highest BCUT2D eigenvalue weighted by Gasteiger charge is 2.66. The second-order valence-electron chi connectivity index (χ2n) is 8.62. The van der Waals surface area contributed by atoms with Gasteiger partial charge in [-0.25, -0.2) is 4.79 Å². The normalized spacial score (nSPS) is 31.1. The molecule has 0 heterocycles. The lowest BCUT2D eigenvalue weighted by Gasteiger charge is -2.48. The van der Waals surface area contributed by atoms with Crippen molar-refractivity contribution in [3.8, 4) is 5.75 Å². The van der Waals surface area contributed by atoms with Crippen LogP contribution in [0.1, 0.15) is 34.3 Å². The van der Waals surface area contributed by atoms with Crippen LogP contribution in [0.5, 0.6) is 5.75 Å². The highest BCUT2D eigenvalue weighted by Crippen LogP contribution is 2.50. The molecule has 1 amide bonds. The first-order valence-corrected chi connectivity index (χ1v) is 10.3. The molecule has 2 saturated carbocycles. The third kappa shape index (κ3) is 3.20. The van der Waals surface area contributed by atoms with Crippen LogP contribution >= 0.6 is 0 Å². The molecule has 172 valence electrons. The Balaban J connectivity index is 1.79. The Morgan fingerprint density at radius 1 is 1.15 bits per heavy atom. The number of aliphatic hydroxyl groups is 1. The highest BCUT2D eigenvalue weighted by molar-refractivity contribution is 6.31. The van der Waals surface area contributed by atoms with Gasteiger partial charge in [-0.05, 0) is 42.0 Å². The molecule has 0 saturated heterocycles. The summed E-state index contributed by atoms with van der Waals surface area (Å²) in [6.07, 6.45) is 2.29. The van der Waals surface area contributed by atoms with E-state index < -0.39 is 70.7 Å². The summed E-state index contributed by atoms with van der Waals surface area (Å²) in [6, 6.07) is 2.75. The van der Waals surface area contributed by atoms with E-state index in [9.17, 15) is 39.0 Å². The number of fused-ring (bicyclic) bond motifs is 3. The number of amides is 1. The molecule has 4 N–H and O–H groups in total. The number of aromatic hydroxyl groups is 1. The summed E-state index contributed by atoms with van der Waals surface area (Å²) in [5, 5.41) is 21.5. The van der Waals surface area contributed by atoms with E-state index in [1.54, 1.807) is 0 Å². The van der Waals surface area contributed by atoms with Gasteiger partial charge in [0.05, 0.1) is 18.6 Å². The standard InChI is InChI=1S/C23H21NO9/c1-33-15(27)5-3-9-2-4-13(25)17-12(9)7-10-6-11-8-14(26)18(22(24)31)21(30)23(11,32)20(29)16(10)19(17)28/h2-5,10-11,16,18,25,32H,6-8H2,1H3,(H2,24,31)/t10-,11+,16?,18?,23+/m1/s1. The molecule has 2 unspecified atom stereocenters. The number of nitrogens with two attached hydrogens (primary N) is 1. The molecule has 0 aromatic heterocycles. The number of carbonyl (C=O) groups is 6. The Kier molecular flexibility index (Phi) is 5.28. The van der Waals surface area contributed by atoms with E-state index in [1.165, 1.54) is 25.3 Å². The van der Waals surface area contributed by atoms with Crippen LogP contribution in [0, 0.1) is 23.7 Å². The molecule has 0 radical (unpaired) electrons. The van der Waals surface area contributed by atoms with Gasteiger partial charge in [0.15, 0.2) is 34.7 Å². The monoisotopic (exact) mass is 455 g/mol. The Labute approximate surface area is 187 Å².